The number of carbonyl (C=O) groups is 2. The molecule has 1 fully saturated rings. The summed E-state index contributed by atoms with van der Waals surface area (Å²) >= 11 is 0. The van der Waals surface area contributed by atoms with Crippen LogP contribution in [0.3, 0.4) is 0 Å². The second kappa shape index (κ2) is 7.47. The van der Waals surface area contributed by atoms with E-state index in [1.54, 1.807) is 4.90 Å². The first-order valence-electron chi connectivity index (χ1n) is 6.72. The maximum atomic E-state index is 12.7. The van der Waals surface area contributed by atoms with Crippen LogP contribution in [0.25, 0.3) is 0 Å². The molecule has 0 aromatic heterocycles. The molecule has 1 aliphatic rings. The first-order valence-corrected chi connectivity index (χ1v) is 6.72. The van der Waals surface area contributed by atoms with Crippen molar-refractivity contribution >= 4 is 12.0 Å². The molecular formula is C14H17FN2O4. The molecule has 0 radical (unpaired) electrons. The number of halogens is 1. The van der Waals surface area contributed by atoms with Crippen LogP contribution in [0.15, 0.2) is 24.3 Å². The van der Waals surface area contributed by atoms with Gasteiger partial charge in [-0.05, 0) is 30.7 Å². The number of nitrogens with one attached hydrogen (secondary N) is 1. The normalized spacial score (nSPS) is 14.0. The van der Waals surface area contributed by atoms with Gasteiger partial charge in [0.1, 0.15) is 18.2 Å². The molecular weight excluding hydrogens is 279 g/mol. The maximum Gasteiger partial charge on any atom is 0.409 e. The number of nitrogens with zero attached hydrogens (tertiary/aromatic N) is 1. The van der Waals surface area contributed by atoms with Gasteiger partial charge in [0.05, 0.1) is 6.54 Å². The zero-order valence-electron chi connectivity index (χ0n) is 11.5. The van der Waals surface area contributed by atoms with Crippen LogP contribution in [0.4, 0.5) is 9.18 Å². The quantitative estimate of drug-likeness (QED) is 0.767. The molecule has 1 N–H and O–H groups in total. The van der Waals surface area contributed by atoms with E-state index in [0.717, 1.165) is 0 Å². The Bertz CT molecular complexity index is 492. The van der Waals surface area contributed by atoms with Gasteiger partial charge in [-0.1, -0.05) is 0 Å². The van der Waals surface area contributed by atoms with E-state index in [1.165, 1.54) is 24.3 Å². The Morgan fingerprint density at radius 3 is 2.81 bits per heavy atom. The van der Waals surface area contributed by atoms with Crippen molar-refractivity contribution < 1.29 is 23.5 Å². The minimum atomic E-state index is -0.354. The molecule has 1 aliphatic heterocycles. The topological polar surface area (TPSA) is 67.9 Å². The van der Waals surface area contributed by atoms with E-state index >= 15 is 0 Å². The summed E-state index contributed by atoms with van der Waals surface area (Å²) in [5.41, 5.74) is 0. The van der Waals surface area contributed by atoms with Crippen molar-refractivity contribution in [3.8, 4) is 5.75 Å². The highest BCUT2D eigenvalue weighted by molar-refractivity contribution is 5.77. The second-order valence-electron chi connectivity index (χ2n) is 4.55. The fraction of sp³-hybridized carbons (Fsp3) is 0.429. The van der Waals surface area contributed by atoms with Crippen LogP contribution in [-0.2, 0) is 9.53 Å². The molecule has 1 saturated heterocycles. The zero-order chi connectivity index (χ0) is 15.1. The van der Waals surface area contributed by atoms with Crippen molar-refractivity contribution in [2.45, 2.75) is 6.42 Å². The average Bonchev–Trinajstić information content (AvgIpc) is 2.88. The molecule has 21 heavy (non-hydrogen) atoms. The Balaban J connectivity index is 1.57. The summed E-state index contributed by atoms with van der Waals surface area (Å²) in [6, 6.07) is 5.45. The van der Waals surface area contributed by atoms with Crippen LogP contribution in [0.1, 0.15) is 6.42 Å². The number of carbonyl (C=O) groups excluding carboxylic acids is 2. The Morgan fingerprint density at radius 1 is 1.38 bits per heavy atom. The average molecular weight is 296 g/mol. The Hall–Kier alpha value is -2.31. The molecule has 2 rings (SSSR count). The van der Waals surface area contributed by atoms with Gasteiger partial charge in [-0.3, -0.25) is 4.79 Å². The maximum absolute atomic E-state index is 12.7. The van der Waals surface area contributed by atoms with Gasteiger partial charge in [0.25, 0.3) is 5.91 Å². The lowest BCUT2D eigenvalue weighted by molar-refractivity contribution is -0.123. The first-order chi connectivity index (χ1) is 10.1. The highest BCUT2D eigenvalue weighted by atomic mass is 19.1. The van der Waals surface area contributed by atoms with Gasteiger partial charge in [0.2, 0.25) is 0 Å². The molecule has 6 nitrogen and oxygen atoms in total. The Morgan fingerprint density at radius 2 is 2.14 bits per heavy atom. The molecule has 0 spiro atoms. The number of ether oxygens (including phenoxy) is 2. The third-order valence-corrected chi connectivity index (χ3v) is 2.96. The number of amides is 2. The van der Waals surface area contributed by atoms with Crippen molar-refractivity contribution in [2.75, 3.05) is 32.8 Å². The predicted molar refractivity (Wildman–Crippen MR) is 72.4 cm³/mol. The van der Waals surface area contributed by atoms with Crippen LogP contribution < -0.4 is 10.1 Å². The van der Waals surface area contributed by atoms with Gasteiger partial charge in [-0.2, -0.15) is 0 Å². The van der Waals surface area contributed by atoms with E-state index in [4.69, 9.17) is 9.47 Å². The number of hydrogen-bond donors (Lipinski definition) is 1. The molecule has 114 valence electrons. The monoisotopic (exact) mass is 296 g/mol. The number of benzene rings is 1. The van der Waals surface area contributed by atoms with Crippen molar-refractivity contribution in [1.29, 1.82) is 0 Å². The van der Waals surface area contributed by atoms with E-state index in [-0.39, 0.29) is 24.4 Å². The minimum Gasteiger partial charge on any atom is -0.484 e. The van der Waals surface area contributed by atoms with Crippen LogP contribution >= 0.6 is 0 Å². The van der Waals surface area contributed by atoms with Crippen LogP contribution in [0.2, 0.25) is 0 Å². The van der Waals surface area contributed by atoms with Gasteiger partial charge in [0, 0.05) is 13.1 Å². The SMILES string of the molecule is O=C(COc1ccc(F)cc1)NCCCN1CCOC1=O. The predicted octanol–water partition coefficient (Wildman–Crippen LogP) is 1.16. The summed E-state index contributed by atoms with van der Waals surface area (Å²) in [6.45, 7) is 1.90. The largest absolute Gasteiger partial charge is 0.484 e. The highest BCUT2D eigenvalue weighted by Gasteiger charge is 2.20. The highest BCUT2D eigenvalue weighted by Crippen LogP contribution is 2.10. The third kappa shape index (κ3) is 4.94. The van der Waals surface area contributed by atoms with Crippen LogP contribution in [-0.4, -0.2) is 49.7 Å². The third-order valence-electron chi connectivity index (χ3n) is 2.96. The zero-order valence-corrected chi connectivity index (χ0v) is 11.5. The Labute approximate surface area is 121 Å². The van der Waals surface area contributed by atoms with Crippen molar-refractivity contribution in [2.24, 2.45) is 0 Å². The molecule has 1 heterocycles. The standard InChI is InChI=1S/C14H17FN2O4/c15-11-2-4-12(5-3-11)21-10-13(18)16-6-1-7-17-8-9-20-14(17)19/h2-5H,1,6-10H2,(H,16,18). The summed E-state index contributed by atoms with van der Waals surface area (Å²) in [5, 5.41) is 2.69. The number of rotatable bonds is 7. The van der Waals surface area contributed by atoms with Gasteiger partial charge in [-0.25, -0.2) is 9.18 Å². The van der Waals surface area contributed by atoms with Crippen molar-refractivity contribution in [1.82, 2.24) is 10.2 Å². The summed E-state index contributed by atoms with van der Waals surface area (Å²) in [7, 11) is 0. The molecule has 0 aliphatic carbocycles. The summed E-state index contributed by atoms with van der Waals surface area (Å²) in [6.07, 6.45) is 0.346. The molecule has 0 saturated carbocycles. The number of cyclic esters (lactones) is 1. The summed E-state index contributed by atoms with van der Waals surface area (Å²) in [5.74, 6) is -0.179. The van der Waals surface area contributed by atoms with E-state index in [2.05, 4.69) is 5.32 Å². The minimum absolute atomic E-state index is 0.128. The molecule has 0 atom stereocenters. The smallest absolute Gasteiger partial charge is 0.409 e. The molecule has 7 heteroatoms. The fourth-order valence-corrected chi connectivity index (χ4v) is 1.86. The summed E-state index contributed by atoms with van der Waals surface area (Å²) in [4.78, 5) is 24.3. The molecule has 0 unspecified atom stereocenters. The first kappa shape index (κ1) is 15.1. The number of hydrogen-bond acceptors (Lipinski definition) is 4. The van der Waals surface area contributed by atoms with E-state index in [0.29, 0.717) is 38.4 Å². The Kier molecular flexibility index (Phi) is 5.36. The van der Waals surface area contributed by atoms with E-state index < -0.39 is 0 Å². The molecule has 0 bridgehead atoms. The van der Waals surface area contributed by atoms with E-state index in [1.807, 2.05) is 0 Å². The lowest BCUT2D eigenvalue weighted by Crippen LogP contribution is -2.32. The fourth-order valence-electron chi connectivity index (χ4n) is 1.86. The molecule has 1 aromatic carbocycles. The van der Waals surface area contributed by atoms with Gasteiger partial charge >= 0.3 is 6.09 Å². The van der Waals surface area contributed by atoms with E-state index in [9.17, 15) is 14.0 Å². The lowest BCUT2D eigenvalue weighted by atomic mass is 10.3. The van der Waals surface area contributed by atoms with Gasteiger partial charge in [0.15, 0.2) is 6.61 Å². The summed E-state index contributed by atoms with van der Waals surface area (Å²) < 4.78 is 22.7. The van der Waals surface area contributed by atoms with Crippen molar-refractivity contribution in [3.63, 3.8) is 0 Å². The molecule has 2 amide bonds. The molecule has 1 aromatic rings. The lowest BCUT2D eigenvalue weighted by Gasteiger charge is -2.12. The van der Waals surface area contributed by atoms with Gasteiger partial charge in [-0.15, -0.1) is 0 Å². The second-order valence-corrected chi connectivity index (χ2v) is 4.55. The van der Waals surface area contributed by atoms with Crippen LogP contribution in [0, 0.1) is 5.82 Å². The van der Waals surface area contributed by atoms with Crippen LogP contribution in [0.5, 0.6) is 5.75 Å². The van der Waals surface area contributed by atoms with Gasteiger partial charge < -0.3 is 19.7 Å². The van der Waals surface area contributed by atoms with Crippen molar-refractivity contribution in [3.05, 3.63) is 30.1 Å².